The van der Waals surface area contributed by atoms with Crippen LogP contribution in [0.2, 0.25) is 0 Å². The Bertz CT molecular complexity index is 381. The van der Waals surface area contributed by atoms with Gasteiger partial charge in [0.15, 0.2) is 5.96 Å². The molecule has 1 saturated heterocycles. The van der Waals surface area contributed by atoms with E-state index in [2.05, 4.69) is 22.1 Å². The number of hydrogen-bond donors (Lipinski definition) is 1. The van der Waals surface area contributed by atoms with Crippen LogP contribution < -0.4 is 5.32 Å². The van der Waals surface area contributed by atoms with Gasteiger partial charge < -0.3 is 19.7 Å². The van der Waals surface area contributed by atoms with Gasteiger partial charge in [-0.15, -0.1) is 24.0 Å². The Morgan fingerprint density at radius 3 is 2.52 bits per heavy atom. The summed E-state index contributed by atoms with van der Waals surface area (Å²) in [6.07, 6.45) is 4.30. The fourth-order valence-corrected chi connectivity index (χ4v) is 2.67. The van der Waals surface area contributed by atoms with Gasteiger partial charge in [0, 0.05) is 26.2 Å². The van der Waals surface area contributed by atoms with Crippen molar-refractivity contribution in [1.82, 2.24) is 10.2 Å². The number of rotatable bonds is 7. The molecule has 1 saturated carbocycles. The summed E-state index contributed by atoms with van der Waals surface area (Å²) >= 11 is 0. The zero-order chi connectivity index (χ0) is 15.8. The first kappa shape index (κ1) is 20.5. The number of carbonyl (C=O) groups excluding carboxylic acids is 1. The summed E-state index contributed by atoms with van der Waals surface area (Å²) in [5, 5.41) is 3.33. The van der Waals surface area contributed by atoms with E-state index < -0.39 is 0 Å². The van der Waals surface area contributed by atoms with Crippen LogP contribution in [-0.4, -0.2) is 63.3 Å². The highest BCUT2D eigenvalue weighted by molar-refractivity contribution is 14.0. The molecule has 2 rings (SSSR count). The molecule has 6 nitrogen and oxygen atoms in total. The molecule has 2 aliphatic rings. The van der Waals surface area contributed by atoms with Crippen LogP contribution in [0.1, 0.15) is 32.6 Å². The van der Waals surface area contributed by atoms with Crippen molar-refractivity contribution in [1.29, 1.82) is 0 Å². The van der Waals surface area contributed by atoms with Gasteiger partial charge in [0.25, 0.3) is 0 Å². The standard InChI is InChI=1S/C16H29N3O3.HI/c1-3-17-16(18-8-11-22-12-13-4-5-13)19-9-6-14(7-10-19)15(20)21-2;/h13-14H,3-12H2,1-2H3,(H,17,18);1H. The summed E-state index contributed by atoms with van der Waals surface area (Å²) in [4.78, 5) is 18.4. The minimum atomic E-state index is -0.0879. The number of piperidine rings is 1. The molecule has 7 heteroatoms. The van der Waals surface area contributed by atoms with Crippen molar-refractivity contribution in [3.8, 4) is 0 Å². The second kappa shape index (κ2) is 11.1. The molecule has 0 aromatic heterocycles. The van der Waals surface area contributed by atoms with Crippen molar-refractivity contribution < 1.29 is 14.3 Å². The van der Waals surface area contributed by atoms with E-state index in [1.54, 1.807) is 0 Å². The Morgan fingerprint density at radius 2 is 1.96 bits per heavy atom. The lowest BCUT2D eigenvalue weighted by molar-refractivity contribution is -0.146. The monoisotopic (exact) mass is 439 g/mol. The highest BCUT2D eigenvalue weighted by atomic mass is 127. The zero-order valence-corrected chi connectivity index (χ0v) is 16.6. The van der Waals surface area contributed by atoms with E-state index in [-0.39, 0.29) is 35.9 Å². The third kappa shape index (κ3) is 7.24. The van der Waals surface area contributed by atoms with Gasteiger partial charge in [0.2, 0.25) is 0 Å². The van der Waals surface area contributed by atoms with Gasteiger partial charge in [0.05, 0.1) is 26.2 Å². The molecule has 1 aliphatic carbocycles. The van der Waals surface area contributed by atoms with E-state index in [1.807, 2.05) is 0 Å². The maximum atomic E-state index is 11.6. The Morgan fingerprint density at radius 1 is 1.26 bits per heavy atom. The Labute approximate surface area is 156 Å². The van der Waals surface area contributed by atoms with Gasteiger partial charge in [-0.05, 0) is 38.5 Å². The molecule has 0 atom stereocenters. The second-order valence-corrected chi connectivity index (χ2v) is 6.04. The number of hydrogen-bond acceptors (Lipinski definition) is 4. The van der Waals surface area contributed by atoms with Crippen molar-refractivity contribution >= 4 is 35.9 Å². The van der Waals surface area contributed by atoms with E-state index in [4.69, 9.17) is 9.47 Å². The molecule has 23 heavy (non-hydrogen) atoms. The molecule has 0 amide bonds. The average molecular weight is 439 g/mol. The Hall–Kier alpha value is -0.570. The van der Waals surface area contributed by atoms with E-state index in [1.165, 1.54) is 20.0 Å². The summed E-state index contributed by atoms with van der Waals surface area (Å²) in [7, 11) is 1.46. The van der Waals surface area contributed by atoms with Crippen LogP contribution in [0.4, 0.5) is 0 Å². The average Bonchev–Trinajstić information content (AvgIpc) is 3.37. The van der Waals surface area contributed by atoms with Crippen LogP contribution in [0.15, 0.2) is 4.99 Å². The van der Waals surface area contributed by atoms with E-state index in [9.17, 15) is 4.79 Å². The van der Waals surface area contributed by atoms with Gasteiger partial charge in [-0.25, -0.2) is 0 Å². The predicted octanol–water partition coefficient (Wildman–Crippen LogP) is 1.88. The topological polar surface area (TPSA) is 63.2 Å². The minimum absolute atomic E-state index is 0. The molecule has 0 aromatic rings. The van der Waals surface area contributed by atoms with Crippen LogP contribution in [0.5, 0.6) is 0 Å². The van der Waals surface area contributed by atoms with Crippen LogP contribution in [0, 0.1) is 11.8 Å². The summed E-state index contributed by atoms with van der Waals surface area (Å²) < 4.78 is 10.5. The second-order valence-electron chi connectivity index (χ2n) is 6.04. The molecule has 0 bridgehead atoms. The van der Waals surface area contributed by atoms with Crippen molar-refractivity contribution in [2.75, 3.05) is 46.5 Å². The number of guanidine groups is 1. The van der Waals surface area contributed by atoms with Gasteiger partial charge >= 0.3 is 5.97 Å². The quantitative estimate of drug-likeness (QED) is 0.216. The Kier molecular flexibility index (Phi) is 9.85. The van der Waals surface area contributed by atoms with Crippen molar-refractivity contribution in [2.24, 2.45) is 16.8 Å². The molecule has 1 N–H and O–H groups in total. The number of methoxy groups -OCH3 is 1. The maximum absolute atomic E-state index is 11.6. The summed E-state index contributed by atoms with van der Waals surface area (Å²) in [5.41, 5.74) is 0. The highest BCUT2D eigenvalue weighted by Gasteiger charge is 2.27. The first-order valence-electron chi connectivity index (χ1n) is 8.43. The third-order valence-electron chi connectivity index (χ3n) is 4.21. The maximum Gasteiger partial charge on any atom is 0.308 e. The number of esters is 1. The summed E-state index contributed by atoms with van der Waals surface area (Å²) in [6, 6.07) is 0. The molecular formula is C16H30IN3O3. The van der Waals surface area contributed by atoms with Crippen molar-refractivity contribution in [3.05, 3.63) is 0 Å². The molecule has 134 valence electrons. The van der Waals surface area contributed by atoms with Gasteiger partial charge in [-0.3, -0.25) is 9.79 Å². The highest BCUT2D eigenvalue weighted by Crippen LogP contribution is 2.28. The zero-order valence-electron chi connectivity index (χ0n) is 14.3. The fourth-order valence-electron chi connectivity index (χ4n) is 2.67. The molecule has 0 aromatic carbocycles. The van der Waals surface area contributed by atoms with E-state index >= 15 is 0 Å². The molecule has 1 heterocycles. The number of likely N-dealkylation sites (tertiary alicyclic amines) is 1. The van der Waals surface area contributed by atoms with Crippen molar-refractivity contribution in [2.45, 2.75) is 32.6 Å². The van der Waals surface area contributed by atoms with Crippen molar-refractivity contribution in [3.63, 3.8) is 0 Å². The predicted molar refractivity (Wildman–Crippen MR) is 101 cm³/mol. The van der Waals surface area contributed by atoms with Crippen LogP contribution in [0.3, 0.4) is 0 Å². The molecular weight excluding hydrogens is 409 g/mol. The number of ether oxygens (including phenoxy) is 2. The normalized spacial score (nSPS) is 19.2. The number of carbonyl (C=O) groups is 1. The lowest BCUT2D eigenvalue weighted by Crippen LogP contribution is -2.46. The minimum Gasteiger partial charge on any atom is -0.469 e. The molecule has 1 aliphatic heterocycles. The lowest BCUT2D eigenvalue weighted by atomic mass is 9.97. The SMILES string of the molecule is CCNC(=NCCOCC1CC1)N1CCC(C(=O)OC)CC1.I. The van der Waals surface area contributed by atoms with Crippen LogP contribution >= 0.6 is 24.0 Å². The van der Waals surface area contributed by atoms with Gasteiger partial charge in [-0.1, -0.05) is 0 Å². The van der Waals surface area contributed by atoms with E-state index in [0.717, 1.165) is 51.0 Å². The van der Waals surface area contributed by atoms with Crippen LogP contribution in [-0.2, 0) is 14.3 Å². The lowest BCUT2D eigenvalue weighted by Gasteiger charge is -2.33. The third-order valence-corrected chi connectivity index (χ3v) is 4.21. The number of halogens is 1. The summed E-state index contributed by atoms with van der Waals surface area (Å²) in [5.74, 6) is 1.68. The molecule has 0 unspecified atom stereocenters. The van der Waals surface area contributed by atoms with Gasteiger partial charge in [-0.2, -0.15) is 0 Å². The molecule has 0 radical (unpaired) electrons. The van der Waals surface area contributed by atoms with Crippen LogP contribution in [0.25, 0.3) is 0 Å². The Balaban J connectivity index is 0.00000264. The smallest absolute Gasteiger partial charge is 0.308 e. The number of aliphatic imine (C=N–C) groups is 1. The van der Waals surface area contributed by atoms with Gasteiger partial charge in [0.1, 0.15) is 0 Å². The molecule has 2 fully saturated rings. The first-order valence-corrected chi connectivity index (χ1v) is 8.43. The largest absolute Gasteiger partial charge is 0.469 e. The van der Waals surface area contributed by atoms with E-state index in [0.29, 0.717) is 13.2 Å². The number of nitrogens with one attached hydrogen (secondary N) is 1. The fraction of sp³-hybridized carbons (Fsp3) is 0.875. The first-order chi connectivity index (χ1) is 10.7. The molecule has 0 spiro atoms. The number of nitrogens with zero attached hydrogens (tertiary/aromatic N) is 2. The summed E-state index contributed by atoms with van der Waals surface area (Å²) in [6.45, 7) is 6.86.